The molecular weight excluding hydrogens is 428 g/mol. The molecule has 0 saturated carbocycles. The van der Waals surface area contributed by atoms with Crippen LogP contribution in [0, 0.1) is 13.8 Å². The Balaban J connectivity index is 1.70. The quantitative estimate of drug-likeness (QED) is 0.491. The minimum Gasteiger partial charge on any atom is -0.507 e. The third kappa shape index (κ3) is 2.87. The van der Waals surface area contributed by atoms with E-state index in [0.717, 1.165) is 23.7 Å². The van der Waals surface area contributed by atoms with Crippen molar-refractivity contribution in [1.29, 1.82) is 0 Å². The molecule has 1 N–H and O–H groups in total. The van der Waals surface area contributed by atoms with Gasteiger partial charge < -0.3 is 19.5 Å². The standard InChI is InChI=1S/C28H30N2O4/c1-7-10-30-22-12-17(3)16(2)11-21(22)27(4,5)28(30)15-29-25-19-14-20(26(32)33-6)23(31)13-18(19)8-9-24(25)34-28/h8-9,11-15,31H,7,10H2,1-6H3. The van der Waals surface area contributed by atoms with Crippen LogP contribution in [0.2, 0.25) is 0 Å². The molecule has 0 saturated heterocycles. The van der Waals surface area contributed by atoms with E-state index in [9.17, 15) is 9.90 Å². The second-order valence-electron chi connectivity index (χ2n) is 9.78. The Bertz CT molecular complexity index is 1370. The second kappa shape index (κ2) is 7.49. The predicted octanol–water partition coefficient (Wildman–Crippen LogP) is 5.95. The van der Waals surface area contributed by atoms with Gasteiger partial charge in [0.1, 0.15) is 22.7 Å². The lowest BCUT2D eigenvalue weighted by molar-refractivity contribution is 0.0597. The molecule has 6 heteroatoms. The lowest BCUT2D eigenvalue weighted by Gasteiger charge is -2.46. The number of fused-ring (bicyclic) bond motifs is 4. The van der Waals surface area contributed by atoms with Crippen LogP contribution in [0.3, 0.4) is 0 Å². The summed E-state index contributed by atoms with van der Waals surface area (Å²) in [5, 5.41) is 11.8. The maximum absolute atomic E-state index is 12.2. The first-order valence-electron chi connectivity index (χ1n) is 11.7. The largest absolute Gasteiger partial charge is 0.507 e. The van der Waals surface area contributed by atoms with Gasteiger partial charge in [-0.1, -0.05) is 19.1 Å². The van der Waals surface area contributed by atoms with Crippen LogP contribution in [0.1, 0.15) is 54.2 Å². The first-order valence-corrected chi connectivity index (χ1v) is 11.7. The molecule has 0 radical (unpaired) electrons. The molecule has 0 aliphatic carbocycles. The molecular formula is C28H30N2O4. The number of carbonyl (C=O) groups is 1. The number of rotatable bonds is 3. The molecule has 0 aromatic heterocycles. The van der Waals surface area contributed by atoms with Crippen molar-refractivity contribution in [2.45, 2.75) is 52.2 Å². The van der Waals surface area contributed by atoms with Gasteiger partial charge in [-0.15, -0.1) is 0 Å². The number of methoxy groups -OCH3 is 1. The molecule has 0 fully saturated rings. The number of nitrogens with zero attached hydrogens (tertiary/aromatic N) is 2. The number of ether oxygens (including phenoxy) is 2. The zero-order chi connectivity index (χ0) is 24.4. The van der Waals surface area contributed by atoms with Crippen molar-refractivity contribution < 1.29 is 19.4 Å². The van der Waals surface area contributed by atoms with Gasteiger partial charge in [0.15, 0.2) is 0 Å². The number of aromatic hydroxyl groups is 1. The van der Waals surface area contributed by atoms with Gasteiger partial charge in [-0.25, -0.2) is 4.79 Å². The zero-order valence-electron chi connectivity index (χ0n) is 20.5. The third-order valence-electron chi connectivity index (χ3n) is 7.43. The highest BCUT2D eigenvalue weighted by atomic mass is 16.5. The highest BCUT2D eigenvalue weighted by Crippen LogP contribution is 2.55. The van der Waals surface area contributed by atoms with E-state index in [1.807, 2.05) is 18.3 Å². The van der Waals surface area contributed by atoms with Crippen molar-refractivity contribution in [3.8, 4) is 11.5 Å². The van der Waals surface area contributed by atoms with Crippen LogP contribution < -0.4 is 9.64 Å². The van der Waals surface area contributed by atoms with E-state index >= 15 is 0 Å². The molecule has 176 valence electrons. The van der Waals surface area contributed by atoms with E-state index in [-0.39, 0.29) is 16.7 Å². The summed E-state index contributed by atoms with van der Waals surface area (Å²) in [6.45, 7) is 11.7. The summed E-state index contributed by atoms with van der Waals surface area (Å²) in [7, 11) is 1.29. The Labute approximate surface area is 199 Å². The van der Waals surface area contributed by atoms with Gasteiger partial charge >= 0.3 is 5.97 Å². The molecule has 1 spiro atoms. The van der Waals surface area contributed by atoms with Gasteiger partial charge in [0.05, 0.1) is 18.7 Å². The van der Waals surface area contributed by atoms with E-state index in [0.29, 0.717) is 11.4 Å². The van der Waals surface area contributed by atoms with Gasteiger partial charge in [-0.3, -0.25) is 4.99 Å². The molecule has 0 bridgehead atoms. The second-order valence-corrected chi connectivity index (χ2v) is 9.78. The van der Waals surface area contributed by atoms with Crippen LogP contribution in [0.4, 0.5) is 11.4 Å². The van der Waals surface area contributed by atoms with Crippen molar-refractivity contribution in [2.24, 2.45) is 4.99 Å². The number of phenolic OH excluding ortho intramolecular Hbond substituents is 1. The normalized spacial score (nSPS) is 19.8. The summed E-state index contributed by atoms with van der Waals surface area (Å²) in [6, 6.07) is 11.5. The first kappa shape index (κ1) is 22.3. The van der Waals surface area contributed by atoms with Crippen molar-refractivity contribution in [1.82, 2.24) is 0 Å². The average molecular weight is 459 g/mol. The molecule has 1 unspecified atom stereocenters. The number of hydrogen-bond acceptors (Lipinski definition) is 6. The Hall–Kier alpha value is -3.54. The number of carbonyl (C=O) groups excluding carboxylic acids is 1. The summed E-state index contributed by atoms with van der Waals surface area (Å²) < 4.78 is 11.7. The number of anilines is 1. The van der Waals surface area contributed by atoms with E-state index in [1.54, 1.807) is 12.1 Å². The zero-order valence-corrected chi connectivity index (χ0v) is 20.5. The van der Waals surface area contributed by atoms with Crippen molar-refractivity contribution in [3.63, 3.8) is 0 Å². The number of aryl methyl sites for hydroxylation is 2. The molecule has 5 rings (SSSR count). The summed E-state index contributed by atoms with van der Waals surface area (Å²) in [6.07, 6.45) is 2.88. The van der Waals surface area contributed by atoms with Crippen molar-refractivity contribution >= 4 is 34.3 Å². The van der Waals surface area contributed by atoms with Crippen molar-refractivity contribution in [2.75, 3.05) is 18.6 Å². The smallest absolute Gasteiger partial charge is 0.341 e. The van der Waals surface area contributed by atoms with Crippen molar-refractivity contribution in [3.05, 3.63) is 58.7 Å². The molecule has 2 aliphatic rings. The molecule has 6 nitrogen and oxygen atoms in total. The highest BCUT2D eigenvalue weighted by molar-refractivity contribution is 6.05. The number of aliphatic imine (C=N–C) groups is 1. The monoisotopic (exact) mass is 458 g/mol. The molecule has 2 heterocycles. The van der Waals surface area contributed by atoms with Gasteiger partial charge in [-0.05, 0) is 80.5 Å². The average Bonchev–Trinajstić information content (AvgIpc) is 2.97. The van der Waals surface area contributed by atoms with Crippen LogP contribution in [-0.2, 0) is 10.2 Å². The molecule has 34 heavy (non-hydrogen) atoms. The summed E-state index contributed by atoms with van der Waals surface area (Å²) >= 11 is 0. The fourth-order valence-corrected chi connectivity index (χ4v) is 5.32. The summed E-state index contributed by atoms with van der Waals surface area (Å²) in [4.78, 5) is 19.5. The van der Waals surface area contributed by atoms with Crippen LogP contribution in [0.5, 0.6) is 11.5 Å². The number of esters is 1. The van der Waals surface area contributed by atoms with Gasteiger partial charge in [0, 0.05) is 17.6 Å². The van der Waals surface area contributed by atoms with Crippen LogP contribution in [0.25, 0.3) is 10.8 Å². The van der Waals surface area contributed by atoms with E-state index in [1.165, 1.54) is 29.5 Å². The van der Waals surface area contributed by atoms with Crippen LogP contribution >= 0.6 is 0 Å². The topological polar surface area (TPSA) is 71.4 Å². The van der Waals surface area contributed by atoms with Gasteiger partial charge in [0.2, 0.25) is 5.72 Å². The molecule has 3 aromatic rings. The minimum absolute atomic E-state index is 0.103. The lowest BCUT2D eigenvalue weighted by atomic mass is 9.77. The third-order valence-corrected chi connectivity index (χ3v) is 7.43. The Morgan fingerprint density at radius 1 is 1.15 bits per heavy atom. The summed E-state index contributed by atoms with van der Waals surface area (Å²) in [5.74, 6) is -0.0722. The fraction of sp³-hybridized carbons (Fsp3) is 0.357. The van der Waals surface area contributed by atoms with Gasteiger partial charge in [0.25, 0.3) is 0 Å². The highest BCUT2D eigenvalue weighted by Gasteiger charge is 2.59. The SMILES string of the molecule is CCCN1c2cc(C)c(C)cc2C(C)(C)C12C=Nc1c(ccc3cc(O)c(C(=O)OC)cc13)O2. The lowest BCUT2D eigenvalue weighted by Crippen LogP contribution is -2.62. The molecule has 2 aliphatic heterocycles. The maximum atomic E-state index is 12.2. The summed E-state index contributed by atoms with van der Waals surface area (Å²) in [5.41, 5.74) is 4.54. The first-order chi connectivity index (χ1) is 16.1. The van der Waals surface area contributed by atoms with E-state index in [4.69, 9.17) is 14.5 Å². The van der Waals surface area contributed by atoms with E-state index < -0.39 is 11.7 Å². The number of phenols is 1. The minimum atomic E-state index is -0.783. The number of benzene rings is 3. The molecule has 3 aromatic carbocycles. The van der Waals surface area contributed by atoms with Gasteiger partial charge in [-0.2, -0.15) is 0 Å². The maximum Gasteiger partial charge on any atom is 0.341 e. The van der Waals surface area contributed by atoms with E-state index in [2.05, 4.69) is 51.7 Å². The Morgan fingerprint density at radius 2 is 1.88 bits per heavy atom. The fourth-order valence-electron chi connectivity index (χ4n) is 5.32. The van der Waals surface area contributed by atoms with Crippen LogP contribution in [-0.4, -0.2) is 36.7 Å². The number of hydrogen-bond donors (Lipinski definition) is 1. The Kier molecular flexibility index (Phi) is 4.90. The molecule has 0 amide bonds. The Morgan fingerprint density at radius 3 is 2.59 bits per heavy atom. The predicted molar refractivity (Wildman–Crippen MR) is 135 cm³/mol. The molecule has 1 atom stereocenters. The van der Waals surface area contributed by atoms with Crippen LogP contribution in [0.15, 0.2) is 41.4 Å².